The molecule has 0 bridgehead atoms. The number of carboxylic acid groups (broad SMARTS) is 2. The van der Waals surface area contributed by atoms with Crippen LogP contribution >= 0.6 is 0 Å². The third-order valence-electron chi connectivity index (χ3n) is 3.42. The molecule has 0 aromatic heterocycles. The molecule has 6 heteroatoms. The van der Waals surface area contributed by atoms with Crippen molar-refractivity contribution < 1.29 is 19.8 Å². The lowest BCUT2D eigenvalue weighted by Gasteiger charge is -2.21. The maximum atomic E-state index is 11.2. The summed E-state index contributed by atoms with van der Waals surface area (Å²) in [6.07, 6.45) is -0.0789. The molecule has 1 aliphatic heterocycles. The summed E-state index contributed by atoms with van der Waals surface area (Å²) in [4.78, 5) is 24.0. The highest BCUT2D eigenvalue weighted by Gasteiger charge is 2.49. The molecule has 0 radical (unpaired) electrons. The highest BCUT2D eigenvalue weighted by Crippen LogP contribution is 2.27. The maximum Gasteiger partial charge on any atom is 0.325 e. The summed E-state index contributed by atoms with van der Waals surface area (Å²) >= 11 is 0. The molecule has 1 heterocycles. The molecule has 0 amide bonds. The standard InChI is InChI=1S/C13H16N2O4/c14-13(12(18)19)6-10(11(16)17)15(8-13)7-9-4-2-1-3-5-9/h1-5,10H,6-8,14H2,(H,16,17)(H,18,19)/t10-,13+/m1/s1. The highest BCUT2D eigenvalue weighted by molar-refractivity contribution is 5.83. The Bertz CT molecular complexity index is 491. The van der Waals surface area contributed by atoms with E-state index in [0.717, 1.165) is 5.56 Å². The molecule has 1 aromatic carbocycles. The van der Waals surface area contributed by atoms with Crippen LogP contribution in [0.15, 0.2) is 30.3 Å². The molecule has 2 rings (SSSR count). The lowest BCUT2D eigenvalue weighted by Crippen LogP contribution is -2.50. The number of carbonyl (C=O) groups is 2. The summed E-state index contributed by atoms with van der Waals surface area (Å²) in [6.45, 7) is 0.415. The topological polar surface area (TPSA) is 104 Å². The van der Waals surface area contributed by atoms with Crippen LogP contribution in [-0.4, -0.2) is 45.2 Å². The minimum absolute atomic E-state index is 0.0359. The summed E-state index contributed by atoms with van der Waals surface area (Å²) < 4.78 is 0. The summed E-state index contributed by atoms with van der Waals surface area (Å²) in [7, 11) is 0. The van der Waals surface area contributed by atoms with Gasteiger partial charge in [-0.25, -0.2) is 0 Å². The fourth-order valence-electron chi connectivity index (χ4n) is 2.39. The summed E-state index contributed by atoms with van der Waals surface area (Å²) in [5.41, 5.74) is 5.22. The average molecular weight is 264 g/mol. The van der Waals surface area contributed by atoms with E-state index in [-0.39, 0.29) is 13.0 Å². The number of rotatable bonds is 4. The summed E-state index contributed by atoms with van der Waals surface area (Å²) in [6, 6.07) is 8.46. The van der Waals surface area contributed by atoms with Crippen LogP contribution in [0.1, 0.15) is 12.0 Å². The first-order valence-electron chi connectivity index (χ1n) is 5.95. The first kappa shape index (κ1) is 13.5. The predicted molar refractivity (Wildman–Crippen MR) is 67.4 cm³/mol. The summed E-state index contributed by atoms with van der Waals surface area (Å²) in [5.74, 6) is -2.20. The Balaban J connectivity index is 2.18. The van der Waals surface area contributed by atoms with E-state index in [9.17, 15) is 14.7 Å². The minimum atomic E-state index is -1.49. The molecule has 1 aromatic rings. The normalized spacial score (nSPS) is 27.3. The highest BCUT2D eigenvalue weighted by atomic mass is 16.4. The van der Waals surface area contributed by atoms with Gasteiger partial charge in [0, 0.05) is 19.5 Å². The van der Waals surface area contributed by atoms with Crippen molar-refractivity contribution in [3.63, 3.8) is 0 Å². The molecule has 4 N–H and O–H groups in total. The Labute approximate surface area is 110 Å². The van der Waals surface area contributed by atoms with E-state index < -0.39 is 23.5 Å². The lowest BCUT2D eigenvalue weighted by atomic mass is 9.98. The van der Waals surface area contributed by atoms with Crippen LogP contribution in [0, 0.1) is 0 Å². The number of likely N-dealkylation sites (tertiary alicyclic amines) is 1. The van der Waals surface area contributed by atoms with Crippen molar-refractivity contribution in [2.45, 2.75) is 24.5 Å². The Kier molecular flexibility index (Phi) is 3.55. The second-order valence-electron chi connectivity index (χ2n) is 4.91. The lowest BCUT2D eigenvalue weighted by molar-refractivity contribution is -0.142. The van der Waals surface area contributed by atoms with Crippen molar-refractivity contribution in [1.82, 2.24) is 4.90 Å². The summed E-state index contributed by atoms with van der Waals surface area (Å²) in [5, 5.41) is 18.3. The molecule has 1 aliphatic rings. The zero-order valence-corrected chi connectivity index (χ0v) is 10.3. The first-order valence-corrected chi connectivity index (χ1v) is 5.95. The molecule has 1 saturated heterocycles. The van der Waals surface area contributed by atoms with E-state index in [2.05, 4.69) is 0 Å². The van der Waals surface area contributed by atoms with Crippen molar-refractivity contribution in [3.8, 4) is 0 Å². The van der Waals surface area contributed by atoms with Gasteiger partial charge in [0.05, 0.1) is 0 Å². The number of nitrogens with zero attached hydrogens (tertiary/aromatic N) is 1. The molecular weight excluding hydrogens is 248 g/mol. The van der Waals surface area contributed by atoms with Gasteiger partial charge in [0.25, 0.3) is 0 Å². The van der Waals surface area contributed by atoms with E-state index in [1.54, 1.807) is 4.90 Å². The monoisotopic (exact) mass is 264 g/mol. The van der Waals surface area contributed by atoms with Gasteiger partial charge in [-0.15, -0.1) is 0 Å². The Hall–Kier alpha value is -1.92. The van der Waals surface area contributed by atoms with Crippen molar-refractivity contribution in [1.29, 1.82) is 0 Å². The number of carboxylic acids is 2. The van der Waals surface area contributed by atoms with E-state index in [4.69, 9.17) is 10.8 Å². The van der Waals surface area contributed by atoms with Gasteiger partial charge in [0.1, 0.15) is 11.6 Å². The van der Waals surface area contributed by atoms with Crippen LogP contribution in [0.5, 0.6) is 0 Å². The van der Waals surface area contributed by atoms with Gasteiger partial charge in [-0.1, -0.05) is 30.3 Å². The molecule has 102 valence electrons. The Morgan fingerprint density at radius 3 is 2.47 bits per heavy atom. The maximum absolute atomic E-state index is 11.2. The Morgan fingerprint density at radius 1 is 1.32 bits per heavy atom. The average Bonchev–Trinajstić information content (AvgIpc) is 2.69. The number of hydrogen-bond donors (Lipinski definition) is 3. The van der Waals surface area contributed by atoms with Gasteiger partial charge < -0.3 is 15.9 Å². The van der Waals surface area contributed by atoms with Crippen LogP contribution in [0.4, 0.5) is 0 Å². The fourth-order valence-corrected chi connectivity index (χ4v) is 2.39. The van der Waals surface area contributed by atoms with E-state index >= 15 is 0 Å². The quantitative estimate of drug-likeness (QED) is 0.714. The number of aliphatic carboxylic acids is 2. The molecule has 0 saturated carbocycles. The SMILES string of the molecule is N[C@@]1(C(=O)O)C[C@H](C(=O)O)N(Cc2ccccc2)C1. The first-order chi connectivity index (χ1) is 8.92. The third kappa shape index (κ3) is 2.74. The zero-order chi connectivity index (χ0) is 14.0. The second-order valence-corrected chi connectivity index (χ2v) is 4.91. The Morgan fingerprint density at radius 2 is 1.95 bits per heavy atom. The van der Waals surface area contributed by atoms with Crippen molar-refractivity contribution in [2.75, 3.05) is 6.54 Å². The van der Waals surface area contributed by atoms with Gasteiger partial charge in [-0.2, -0.15) is 0 Å². The van der Waals surface area contributed by atoms with Crippen LogP contribution in [0.2, 0.25) is 0 Å². The van der Waals surface area contributed by atoms with E-state index in [1.807, 2.05) is 30.3 Å². The molecule has 0 unspecified atom stereocenters. The smallest absolute Gasteiger partial charge is 0.325 e. The van der Waals surface area contributed by atoms with Gasteiger partial charge in [0.15, 0.2) is 0 Å². The van der Waals surface area contributed by atoms with Gasteiger partial charge in [-0.05, 0) is 5.56 Å². The fraction of sp³-hybridized carbons (Fsp3) is 0.385. The molecule has 19 heavy (non-hydrogen) atoms. The van der Waals surface area contributed by atoms with Crippen LogP contribution in [0.25, 0.3) is 0 Å². The van der Waals surface area contributed by atoms with Crippen LogP contribution in [0.3, 0.4) is 0 Å². The molecule has 1 fully saturated rings. The van der Waals surface area contributed by atoms with Crippen molar-refractivity contribution in [2.24, 2.45) is 5.73 Å². The third-order valence-corrected chi connectivity index (χ3v) is 3.42. The number of nitrogens with two attached hydrogens (primary N) is 1. The zero-order valence-electron chi connectivity index (χ0n) is 10.3. The number of benzene rings is 1. The second kappa shape index (κ2) is 4.99. The van der Waals surface area contributed by atoms with Gasteiger partial charge in [0.2, 0.25) is 0 Å². The van der Waals surface area contributed by atoms with E-state index in [0.29, 0.717) is 6.54 Å². The number of hydrogen-bond acceptors (Lipinski definition) is 4. The van der Waals surface area contributed by atoms with Crippen LogP contribution < -0.4 is 5.73 Å². The minimum Gasteiger partial charge on any atom is -0.480 e. The molecule has 6 nitrogen and oxygen atoms in total. The van der Waals surface area contributed by atoms with Crippen molar-refractivity contribution >= 4 is 11.9 Å². The molecule has 0 aliphatic carbocycles. The van der Waals surface area contributed by atoms with Gasteiger partial charge in [-0.3, -0.25) is 14.5 Å². The van der Waals surface area contributed by atoms with Gasteiger partial charge >= 0.3 is 11.9 Å². The predicted octanol–water partition coefficient (Wildman–Crippen LogP) is 0.128. The van der Waals surface area contributed by atoms with Crippen LogP contribution in [-0.2, 0) is 16.1 Å². The molecule has 0 spiro atoms. The van der Waals surface area contributed by atoms with Crippen molar-refractivity contribution in [3.05, 3.63) is 35.9 Å². The largest absolute Gasteiger partial charge is 0.480 e. The van der Waals surface area contributed by atoms with E-state index in [1.165, 1.54) is 0 Å². The molecule has 2 atom stereocenters. The molecular formula is C13H16N2O4.